The van der Waals surface area contributed by atoms with Crippen LogP contribution < -0.4 is 0 Å². The van der Waals surface area contributed by atoms with Crippen molar-refractivity contribution in [2.24, 2.45) is 5.41 Å². The van der Waals surface area contributed by atoms with Gasteiger partial charge in [0.2, 0.25) is 0 Å². The van der Waals surface area contributed by atoms with Crippen LogP contribution in [0.25, 0.3) is 0 Å². The molecule has 21 heavy (non-hydrogen) atoms. The van der Waals surface area contributed by atoms with E-state index in [1.54, 1.807) is 13.1 Å². The van der Waals surface area contributed by atoms with E-state index in [4.69, 9.17) is 0 Å². The zero-order valence-electron chi connectivity index (χ0n) is 12.0. The number of Topliss-reactive ketones (excluding diaryl/α,β-unsaturated/α-hetero) is 1. The molecule has 0 N–H and O–H groups in total. The van der Waals surface area contributed by atoms with Gasteiger partial charge in [-0.05, 0) is 25.7 Å². The molecule has 3 nitrogen and oxygen atoms in total. The number of aromatic nitrogens is 2. The third-order valence-corrected chi connectivity index (χ3v) is 5.82. The Morgan fingerprint density at radius 3 is 2.81 bits per heavy atom. The molecule has 3 rings (SSSR count). The van der Waals surface area contributed by atoms with Gasteiger partial charge < -0.3 is 0 Å². The van der Waals surface area contributed by atoms with Crippen LogP contribution in [0.5, 0.6) is 0 Å². The number of hydrogen-bond donors (Lipinski definition) is 0. The van der Waals surface area contributed by atoms with Gasteiger partial charge in [-0.2, -0.15) is 0 Å². The Balaban J connectivity index is 1.73. The molecule has 6 heteroatoms. The highest BCUT2D eigenvalue weighted by atomic mass is 32.2. The molecule has 0 aromatic carbocycles. The first-order valence-electron chi connectivity index (χ1n) is 7.31. The zero-order chi connectivity index (χ0) is 15.1. The van der Waals surface area contributed by atoms with Gasteiger partial charge in [-0.25, -0.2) is 18.7 Å². The Morgan fingerprint density at radius 1 is 1.29 bits per heavy atom. The molecule has 0 amide bonds. The molecular formula is C15H18F2N2OS. The van der Waals surface area contributed by atoms with Crippen molar-refractivity contribution in [2.75, 3.05) is 5.75 Å². The Hall–Kier alpha value is -1.04. The lowest BCUT2D eigenvalue weighted by atomic mass is 9.88. The summed E-state index contributed by atoms with van der Waals surface area (Å²) in [6.07, 6.45) is 4.77. The molecule has 0 aliphatic heterocycles. The fourth-order valence-electron chi connectivity index (χ4n) is 3.03. The third-order valence-electron chi connectivity index (χ3n) is 4.59. The first kappa shape index (κ1) is 14.9. The van der Waals surface area contributed by atoms with Crippen LogP contribution in [0, 0.1) is 5.41 Å². The minimum Gasteiger partial charge on any atom is -0.294 e. The summed E-state index contributed by atoms with van der Waals surface area (Å²) in [4.78, 5) is 20.3. The van der Waals surface area contributed by atoms with Gasteiger partial charge in [0.15, 0.2) is 10.9 Å². The van der Waals surface area contributed by atoms with Crippen LogP contribution in [0.2, 0.25) is 0 Å². The second kappa shape index (κ2) is 5.30. The normalized spacial score (nSPS) is 27.7. The summed E-state index contributed by atoms with van der Waals surface area (Å²) in [6, 6.07) is 0. The van der Waals surface area contributed by atoms with Crippen LogP contribution in [-0.4, -0.2) is 27.4 Å². The lowest BCUT2D eigenvalue weighted by Crippen LogP contribution is -2.35. The lowest BCUT2D eigenvalue weighted by molar-refractivity contribution is -0.0778. The Bertz CT molecular complexity index is 579. The van der Waals surface area contributed by atoms with Gasteiger partial charge in [0.25, 0.3) is 5.92 Å². The molecule has 1 heterocycles. The van der Waals surface area contributed by atoms with Crippen LogP contribution in [0.1, 0.15) is 55.1 Å². The highest BCUT2D eigenvalue weighted by molar-refractivity contribution is 7.99. The fourth-order valence-corrected chi connectivity index (χ4v) is 4.13. The monoisotopic (exact) mass is 312 g/mol. The Kier molecular flexibility index (Phi) is 3.76. The van der Waals surface area contributed by atoms with Gasteiger partial charge in [-0.1, -0.05) is 18.7 Å². The number of alkyl halides is 2. The van der Waals surface area contributed by atoms with Crippen molar-refractivity contribution in [3.05, 3.63) is 17.5 Å². The van der Waals surface area contributed by atoms with Gasteiger partial charge >= 0.3 is 0 Å². The van der Waals surface area contributed by atoms with Crippen molar-refractivity contribution in [3.63, 3.8) is 0 Å². The Labute approximate surface area is 126 Å². The van der Waals surface area contributed by atoms with Crippen LogP contribution in [-0.2, 0) is 6.42 Å². The molecule has 2 aliphatic carbocycles. The molecule has 1 atom stereocenters. The number of aryl methyl sites for hydroxylation is 1. The predicted molar refractivity (Wildman–Crippen MR) is 76.9 cm³/mol. The summed E-state index contributed by atoms with van der Waals surface area (Å²) < 4.78 is 27.8. The number of carbonyl (C=O) groups excluding carboxylic acids is 1. The van der Waals surface area contributed by atoms with E-state index in [0.29, 0.717) is 35.7 Å². The van der Waals surface area contributed by atoms with Crippen LogP contribution in [0.3, 0.4) is 0 Å². The largest absolute Gasteiger partial charge is 0.294 e. The molecule has 0 saturated heterocycles. The SMILES string of the molecule is CC1(CSc2ncc3c(n2)CCCC3=O)CCCC1(F)F. The average Bonchev–Trinajstić information content (AvgIpc) is 2.71. The molecule has 1 saturated carbocycles. The number of rotatable bonds is 3. The molecule has 1 fully saturated rings. The summed E-state index contributed by atoms with van der Waals surface area (Å²) in [5, 5.41) is 0.507. The molecule has 2 aliphatic rings. The highest BCUT2D eigenvalue weighted by Gasteiger charge is 2.53. The minimum atomic E-state index is -2.61. The van der Waals surface area contributed by atoms with Crippen LogP contribution in [0.15, 0.2) is 11.4 Å². The van der Waals surface area contributed by atoms with E-state index in [-0.39, 0.29) is 12.2 Å². The minimum absolute atomic E-state index is 0.0242. The van der Waals surface area contributed by atoms with E-state index >= 15 is 0 Å². The smallest absolute Gasteiger partial charge is 0.254 e. The van der Waals surface area contributed by atoms with E-state index in [1.807, 2.05) is 0 Å². The number of hydrogen-bond acceptors (Lipinski definition) is 4. The van der Waals surface area contributed by atoms with Gasteiger partial charge in [0.1, 0.15) is 0 Å². The zero-order valence-corrected chi connectivity index (χ0v) is 12.8. The van der Waals surface area contributed by atoms with Crippen molar-refractivity contribution in [2.45, 2.75) is 56.5 Å². The highest BCUT2D eigenvalue weighted by Crippen LogP contribution is 2.52. The molecule has 0 bridgehead atoms. The maximum absolute atomic E-state index is 13.9. The summed E-state index contributed by atoms with van der Waals surface area (Å²) in [5.41, 5.74) is 0.391. The first-order chi connectivity index (χ1) is 9.91. The van der Waals surface area contributed by atoms with Gasteiger partial charge in [0.05, 0.1) is 11.3 Å². The maximum Gasteiger partial charge on any atom is 0.254 e. The molecule has 1 unspecified atom stereocenters. The lowest BCUT2D eigenvalue weighted by Gasteiger charge is -2.30. The van der Waals surface area contributed by atoms with Crippen molar-refractivity contribution < 1.29 is 13.6 Å². The first-order valence-corrected chi connectivity index (χ1v) is 8.30. The maximum atomic E-state index is 13.9. The van der Waals surface area contributed by atoms with Gasteiger partial charge in [-0.3, -0.25) is 4.79 Å². The number of ketones is 1. The van der Waals surface area contributed by atoms with Gasteiger partial charge in [-0.15, -0.1) is 0 Å². The molecular weight excluding hydrogens is 294 g/mol. The van der Waals surface area contributed by atoms with Crippen LogP contribution in [0.4, 0.5) is 8.78 Å². The number of fused-ring (bicyclic) bond motifs is 1. The average molecular weight is 312 g/mol. The molecule has 114 valence electrons. The summed E-state index contributed by atoms with van der Waals surface area (Å²) >= 11 is 1.28. The molecule has 1 aromatic rings. The summed E-state index contributed by atoms with van der Waals surface area (Å²) in [5.74, 6) is -2.21. The number of carbonyl (C=O) groups is 1. The Morgan fingerprint density at radius 2 is 2.10 bits per heavy atom. The van der Waals surface area contributed by atoms with Crippen molar-refractivity contribution in [1.29, 1.82) is 0 Å². The van der Waals surface area contributed by atoms with E-state index in [0.717, 1.165) is 18.5 Å². The second-order valence-corrected chi connectivity index (χ2v) is 7.14. The quantitative estimate of drug-likeness (QED) is 0.627. The van der Waals surface area contributed by atoms with Gasteiger partial charge in [0, 0.05) is 30.2 Å². The number of halogens is 2. The van der Waals surface area contributed by atoms with E-state index < -0.39 is 11.3 Å². The number of nitrogens with zero attached hydrogens (tertiary/aromatic N) is 2. The standard InChI is InChI=1S/C15H18F2N2OS/c1-14(6-3-7-15(14,16)17)9-21-13-18-8-10-11(19-13)4-2-5-12(10)20/h8H,2-7,9H2,1H3. The topological polar surface area (TPSA) is 42.9 Å². The second-order valence-electron chi connectivity index (χ2n) is 6.20. The van der Waals surface area contributed by atoms with Crippen molar-refractivity contribution in [3.8, 4) is 0 Å². The molecule has 1 aromatic heterocycles. The van der Waals surface area contributed by atoms with Crippen molar-refractivity contribution >= 4 is 17.5 Å². The predicted octanol–water partition coefficient (Wildman–Crippen LogP) is 3.91. The van der Waals surface area contributed by atoms with E-state index in [2.05, 4.69) is 9.97 Å². The fraction of sp³-hybridized carbons (Fsp3) is 0.667. The van der Waals surface area contributed by atoms with Crippen molar-refractivity contribution in [1.82, 2.24) is 9.97 Å². The third kappa shape index (κ3) is 2.70. The molecule has 0 radical (unpaired) electrons. The number of thioether (sulfide) groups is 1. The van der Waals surface area contributed by atoms with Crippen LogP contribution >= 0.6 is 11.8 Å². The summed E-state index contributed by atoms with van der Waals surface area (Å²) in [6.45, 7) is 1.65. The molecule has 0 spiro atoms. The summed E-state index contributed by atoms with van der Waals surface area (Å²) in [7, 11) is 0. The van der Waals surface area contributed by atoms with E-state index in [9.17, 15) is 13.6 Å². The van der Waals surface area contributed by atoms with E-state index in [1.165, 1.54) is 11.8 Å².